The molecule has 330 valence electrons. The SMILES string of the molecule is CC(C)(C)N1c2cc3c(cc2N(C(C)(C)C)C1(C)C)N(c1ccccc1)c1cc(C(F)(F)F)cc2c1B3c1cc3c(cc1N2c1ccccc1)N(C(C)(C)C)C(C)(C)N3C(C)(C)C. The summed E-state index contributed by atoms with van der Waals surface area (Å²) in [6, 6.07) is 32.0. The predicted octanol–water partition coefficient (Wildman–Crippen LogP) is 12.7. The third-order valence-corrected chi connectivity index (χ3v) is 13.5. The molecule has 0 aromatic heterocycles. The maximum atomic E-state index is 15.6. The van der Waals surface area contributed by atoms with Gasteiger partial charge in [0.05, 0.1) is 28.3 Å². The Hall–Kier alpha value is -5.25. The molecule has 0 amide bonds. The Kier molecular flexibility index (Phi) is 8.99. The van der Waals surface area contributed by atoms with Crippen LogP contribution >= 0.6 is 0 Å². The molecule has 9 rings (SSSR count). The van der Waals surface area contributed by atoms with Crippen LogP contribution in [0.15, 0.2) is 97.1 Å². The molecule has 5 aromatic rings. The molecule has 0 N–H and O–H groups in total. The zero-order valence-electron chi connectivity index (χ0n) is 40.1. The number of benzene rings is 5. The molecule has 0 atom stereocenters. The monoisotopic (exact) mass is 853 g/mol. The summed E-state index contributed by atoms with van der Waals surface area (Å²) in [5.41, 5.74) is 9.12. The molecule has 0 fully saturated rings. The van der Waals surface area contributed by atoms with Gasteiger partial charge in [0.25, 0.3) is 6.71 Å². The molecule has 4 aliphatic rings. The molecule has 0 spiro atoms. The summed E-state index contributed by atoms with van der Waals surface area (Å²) in [6.45, 7) is 35.9. The van der Waals surface area contributed by atoms with Crippen LogP contribution in [-0.2, 0) is 6.18 Å². The van der Waals surface area contributed by atoms with Crippen LogP contribution in [0.1, 0.15) is 116 Å². The van der Waals surface area contributed by atoms with E-state index in [1.807, 2.05) is 60.7 Å². The van der Waals surface area contributed by atoms with E-state index in [-0.39, 0.29) is 22.2 Å². The second-order valence-electron chi connectivity index (χ2n) is 23.0. The Morgan fingerprint density at radius 2 is 0.698 bits per heavy atom. The van der Waals surface area contributed by atoms with E-state index in [9.17, 15) is 0 Å². The molecule has 63 heavy (non-hydrogen) atoms. The van der Waals surface area contributed by atoms with Gasteiger partial charge in [0.1, 0.15) is 11.3 Å². The summed E-state index contributed by atoms with van der Waals surface area (Å²) in [5.74, 6) is 0. The number of anilines is 10. The Labute approximate surface area is 374 Å². The standard InChI is InChI=1S/C53H64BF3N6/c1-47(2,3)60-40-29-36-38(31-42(40)62(49(7,8)9)51(60,13)14)58(34-23-19-17-20-24-34)44-27-33(53(55,56)57)28-45-46(44)54(36)37-30-41-43(32-39(37)59(45)35-25-21-18-22-26-35)63(50(10,11)12)52(15,16)61(41)48(4,5)6/h17-32H,1-16H3. The van der Waals surface area contributed by atoms with Crippen molar-refractivity contribution in [2.45, 2.75) is 150 Å². The molecule has 0 unspecified atom stereocenters. The van der Waals surface area contributed by atoms with Gasteiger partial charge in [0.15, 0.2) is 0 Å². The van der Waals surface area contributed by atoms with Crippen LogP contribution in [0.5, 0.6) is 0 Å². The van der Waals surface area contributed by atoms with E-state index in [0.29, 0.717) is 11.4 Å². The summed E-state index contributed by atoms with van der Waals surface area (Å²) >= 11 is 0. The highest BCUT2D eigenvalue weighted by Gasteiger charge is 2.55. The van der Waals surface area contributed by atoms with Gasteiger partial charge in [-0.2, -0.15) is 13.2 Å². The van der Waals surface area contributed by atoms with Crippen LogP contribution in [0.4, 0.5) is 70.0 Å². The van der Waals surface area contributed by atoms with Crippen molar-refractivity contribution in [3.8, 4) is 0 Å². The Balaban J connectivity index is 1.48. The van der Waals surface area contributed by atoms with Crippen molar-refractivity contribution in [2.24, 2.45) is 0 Å². The Morgan fingerprint density at radius 1 is 0.397 bits per heavy atom. The average molecular weight is 853 g/mol. The van der Waals surface area contributed by atoms with Crippen LogP contribution < -0.4 is 45.8 Å². The number of nitrogens with zero attached hydrogens (tertiary/aromatic N) is 6. The van der Waals surface area contributed by atoms with Crippen molar-refractivity contribution in [1.29, 1.82) is 0 Å². The molecular weight excluding hydrogens is 788 g/mol. The van der Waals surface area contributed by atoms with E-state index in [1.54, 1.807) is 0 Å². The zero-order chi connectivity index (χ0) is 45.9. The van der Waals surface area contributed by atoms with Gasteiger partial charge in [-0.05, 0) is 188 Å². The largest absolute Gasteiger partial charge is 0.416 e. The van der Waals surface area contributed by atoms with Crippen molar-refractivity contribution in [3.05, 3.63) is 103 Å². The number of halogens is 3. The van der Waals surface area contributed by atoms with E-state index in [2.05, 4.69) is 164 Å². The first-order valence-electron chi connectivity index (χ1n) is 22.5. The third kappa shape index (κ3) is 6.27. The maximum Gasteiger partial charge on any atom is 0.416 e. The summed E-state index contributed by atoms with van der Waals surface area (Å²) in [6.07, 6.45) is -4.61. The number of hydrogen-bond donors (Lipinski definition) is 0. The smallest absolute Gasteiger partial charge is 0.343 e. The number of hydrogen-bond acceptors (Lipinski definition) is 6. The Morgan fingerprint density at radius 3 is 0.984 bits per heavy atom. The first-order chi connectivity index (χ1) is 29.0. The van der Waals surface area contributed by atoms with E-state index in [0.717, 1.165) is 61.9 Å². The van der Waals surface area contributed by atoms with Gasteiger partial charge in [0, 0.05) is 56.3 Å². The zero-order valence-corrected chi connectivity index (χ0v) is 40.1. The first-order valence-corrected chi connectivity index (χ1v) is 22.5. The highest BCUT2D eigenvalue weighted by Crippen LogP contribution is 2.57. The number of rotatable bonds is 2. The highest BCUT2D eigenvalue weighted by molar-refractivity contribution is 7.00. The van der Waals surface area contributed by atoms with E-state index >= 15 is 13.2 Å². The quantitative estimate of drug-likeness (QED) is 0.160. The van der Waals surface area contributed by atoms with Gasteiger partial charge in [0.2, 0.25) is 0 Å². The maximum absolute atomic E-state index is 15.6. The van der Waals surface area contributed by atoms with Crippen LogP contribution in [0.3, 0.4) is 0 Å². The van der Waals surface area contributed by atoms with Gasteiger partial charge in [-0.25, -0.2) is 0 Å². The molecule has 0 aliphatic carbocycles. The fraction of sp³-hybridized carbons (Fsp3) is 0.434. The Bertz CT molecular complexity index is 2470. The van der Waals surface area contributed by atoms with Crippen molar-refractivity contribution < 1.29 is 13.2 Å². The van der Waals surface area contributed by atoms with Crippen LogP contribution in [0.25, 0.3) is 0 Å². The lowest BCUT2D eigenvalue weighted by Crippen LogP contribution is -2.63. The fourth-order valence-corrected chi connectivity index (χ4v) is 12.7. The molecule has 5 aromatic carbocycles. The molecule has 10 heteroatoms. The number of fused-ring (bicyclic) bond motifs is 6. The first kappa shape index (κ1) is 43.0. The number of para-hydroxylation sites is 2. The minimum atomic E-state index is -4.61. The fourth-order valence-electron chi connectivity index (χ4n) is 12.7. The molecule has 0 bridgehead atoms. The van der Waals surface area contributed by atoms with Gasteiger partial charge in [-0.1, -0.05) is 36.4 Å². The van der Waals surface area contributed by atoms with Gasteiger partial charge in [-0.15, -0.1) is 0 Å². The molecule has 0 saturated heterocycles. The van der Waals surface area contributed by atoms with Crippen molar-refractivity contribution in [3.63, 3.8) is 0 Å². The summed E-state index contributed by atoms with van der Waals surface area (Å²) in [7, 11) is 0. The predicted molar refractivity (Wildman–Crippen MR) is 263 cm³/mol. The minimum absolute atomic E-state index is 0.268. The van der Waals surface area contributed by atoms with Gasteiger partial charge in [-0.3, -0.25) is 0 Å². The molecule has 6 nitrogen and oxygen atoms in total. The lowest BCUT2D eigenvalue weighted by Gasteiger charge is -2.51. The third-order valence-electron chi connectivity index (χ3n) is 13.5. The van der Waals surface area contributed by atoms with E-state index < -0.39 is 29.8 Å². The van der Waals surface area contributed by atoms with E-state index in [1.165, 1.54) is 12.1 Å². The lowest BCUT2D eigenvalue weighted by molar-refractivity contribution is -0.137. The molecule has 0 radical (unpaired) electrons. The van der Waals surface area contributed by atoms with Crippen LogP contribution in [-0.4, -0.2) is 40.2 Å². The topological polar surface area (TPSA) is 19.4 Å². The van der Waals surface area contributed by atoms with Gasteiger partial charge < -0.3 is 29.4 Å². The molecular formula is C53H64BF3N6. The van der Waals surface area contributed by atoms with Crippen molar-refractivity contribution in [1.82, 2.24) is 0 Å². The number of alkyl halides is 3. The van der Waals surface area contributed by atoms with Crippen molar-refractivity contribution in [2.75, 3.05) is 29.4 Å². The van der Waals surface area contributed by atoms with Crippen LogP contribution in [0, 0.1) is 0 Å². The molecule has 4 aliphatic heterocycles. The van der Waals surface area contributed by atoms with Crippen molar-refractivity contribution >= 4 is 80.0 Å². The van der Waals surface area contributed by atoms with E-state index in [4.69, 9.17) is 0 Å². The highest BCUT2D eigenvalue weighted by atomic mass is 19.4. The average Bonchev–Trinajstić information content (AvgIpc) is 3.54. The normalized spacial score (nSPS) is 17.8. The second kappa shape index (κ2) is 13.2. The second-order valence-corrected chi connectivity index (χ2v) is 23.0. The lowest BCUT2D eigenvalue weighted by atomic mass is 9.33. The molecule has 0 saturated carbocycles. The summed E-state index contributed by atoms with van der Waals surface area (Å²) in [5, 5.41) is 0. The van der Waals surface area contributed by atoms with Gasteiger partial charge >= 0.3 is 6.18 Å². The summed E-state index contributed by atoms with van der Waals surface area (Å²) < 4.78 is 46.8. The minimum Gasteiger partial charge on any atom is -0.343 e. The molecule has 4 heterocycles. The summed E-state index contributed by atoms with van der Waals surface area (Å²) in [4.78, 5) is 14.3. The van der Waals surface area contributed by atoms with Crippen LogP contribution in [0.2, 0.25) is 0 Å².